The minimum absolute atomic E-state index is 0.396. The van der Waals surface area contributed by atoms with E-state index in [1.807, 2.05) is 30.3 Å². The molecule has 0 saturated carbocycles. The molecule has 0 radical (unpaired) electrons. The molecule has 0 aromatic heterocycles. The molecule has 1 amide bonds. The van der Waals surface area contributed by atoms with E-state index in [0.717, 1.165) is 5.56 Å². The molecule has 0 aliphatic carbocycles. The topological polar surface area (TPSA) is 47.6 Å². The van der Waals surface area contributed by atoms with Crippen LogP contribution in [-0.2, 0) is 4.79 Å². The standard InChI is InChI=1S/C17H14ClNO3/c1-21-15-11-14(16(22-2)10-13(15)18)19-17(20)9-8-12-6-4-3-5-7-12/h3-7,10-11H,1-2H3,(H,19,20). The number of carbonyl (C=O) groups is 1. The van der Waals surface area contributed by atoms with Crippen LogP contribution in [0.4, 0.5) is 5.69 Å². The highest BCUT2D eigenvalue weighted by molar-refractivity contribution is 6.32. The number of hydrogen-bond acceptors (Lipinski definition) is 3. The van der Waals surface area contributed by atoms with Gasteiger partial charge in [-0.15, -0.1) is 0 Å². The molecule has 2 rings (SSSR count). The summed E-state index contributed by atoms with van der Waals surface area (Å²) in [5.41, 5.74) is 1.20. The number of ether oxygens (including phenoxy) is 2. The van der Waals surface area contributed by atoms with Crippen LogP contribution in [0.15, 0.2) is 42.5 Å². The maximum absolute atomic E-state index is 11.9. The number of halogens is 1. The molecular weight excluding hydrogens is 302 g/mol. The molecule has 22 heavy (non-hydrogen) atoms. The van der Waals surface area contributed by atoms with Crippen molar-refractivity contribution in [3.8, 4) is 23.3 Å². The van der Waals surface area contributed by atoms with E-state index in [4.69, 9.17) is 21.1 Å². The number of amides is 1. The van der Waals surface area contributed by atoms with Crippen molar-refractivity contribution >= 4 is 23.2 Å². The summed E-state index contributed by atoms with van der Waals surface area (Å²) in [6.07, 6.45) is 0. The zero-order chi connectivity index (χ0) is 15.9. The minimum Gasteiger partial charge on any atom is -0.495 e. The van der Waals surface area contributed by atoms with E-state index in [9.17, 15) is 4.79 Å². The Morgan fingerprint density at radius 1 is 1.09 bits per heavy atom. The van der Waals surface area contributed by atoms with Crippen LogP contribution in [0.1, 0.15) is 5.56 Å². The highest BCUT2D eigenvalue weighted by atomic mass is 35.5. The summed E-state index contributed by atoms with van der Waals surface area (Å²) in [7, 11) is 2.98. The van der Waals surface area contributed by atoms with Crippen molar-refractivity contribution in [2.45, 2.75) is 0 Å². The molecule has 2 aromatic rings. The lowest BCUT2D eigenvalue weighted by molar-refractivity contribution is -0.111. The summed E-state index contributed by atoms with van der Waals surface area (Å²) in [6, 6.07) is 12.4. The minimum atomic E-state index is -0.452. The molecule has 0 spiro atoms. The number of benzene rings is 2. The molecule has 0 bridgehead atoms. The van der Waals surface area contributed by atoms with Gasteiger partial charge in [0.05, 0.1) is 24.9 Å². The Morgan fingerprint density at radius 2 is 1.77 bits per heavy atom. The highest BCUT2D eigenvalue weighted by Crippen LogP contribution is 2.35. The van der Waals surface area contributed by atoms with Crippen molar-refractivity contribution in [2.24, 2.45) is 0 Å². The largest absolute Gasteiger partial charge is 0.495 e. The predicted octanol–water partition coefficient (Wildman–Crippen LogP) is 3.35. The molecule has 0 aliphatic rings. The predicted molar refractivity (Wildman–Crippen MR) is 86.5 cm³/mol. The zero-order valence-electron chi connectivity index (χ0n) is 12.1. The smallest absolute Gasteiger partial charge is 0.300 e. The monoisotopic (exact) mass is 315 g/mol. The molecule has 112 valence electrons. The van der Waals surface area contributed by atoms with E-state index in [1.54, 1.807) is 12.1 Å². The number of carbonyl (C=O) groups excluding carboxylic acids is 1. The van der Waals surface area contributed by atoms with Crippen LogP contribution < -0.4 is 14.8 Å². The van der Waals surface area contributed by atoms with Gasteiger partial charge in [0.15, 0.2) is 0 Å². The first-order chi connectivity index (χ1) is 10.6. The number of hydrogen-bond donors (Lipinski definition) is 1. The molecule has 2 aromatic carbocycles. The Morgan fingerprint density at radius 3 is 2.41 bits per heavy atom. The van der Waals surface area contributed by atoms with Crippen molar-refractivity contribution in [2.75, 3.05) is 19.5 Å². The van der Waals surface area contributed by atoms with Crippen LogP contribution >= 0.6 is 11.6 Å². The van der Waals surface area contributed by atoms with Crippen molar-refractivity contribution in [1.82, 2.24) is 0 Å². The molecule has 0 fully saturated rings. The average molecular weight is 316 g/mol. The second-order valence-corrected chi connectivity index (χ2v) is 4.66. The summed E-state index contributed by atoms with van der Waals surface area (Å²) in [4.78, 5) is 11.9. The maximum Gasteiger partial charge on any atom is 0.300 e. The molecule has 4 nitrogen and oxygen atoms in total. The van der Waals surface area contributed by atoms with Crippen LogP contribution in [0.25, 0.3) is 0 Å². The van der Waals surface area contributed by atoms with Gasteiger partial charge in [-0.05, 0) is 12.1 Å². The van der Waals surface area contributed by atoms with Gasteiger partial charge in [-0.3, -0.25) is 4.79 Å². The zero-order valence-corrected chi connectivity index (χ0v) is 12.9. The first-order valence-electron chi connectivity index (χ1n) is 6.43. The Bertz CT molecular complexity index is 733. The number of methoxy groups -OCH3 is 2. The molecule has 0 atom stereocenters. The van der Waals surface area contributed by atoms with Crippen LogP contribution in [0.2, 0.25) is 5.02 Å². The quantitative estimate of drug-likeness (QED) is 0.884. The number of rotatable bonds is 3. The van der Waals surface area contributed by atoms with Crippen LogP contribution in [0, 0.1) is 11.8 Å². The van der Waals surface area contributed by atoms with Crippen LogP contribution in [-0.4, -0.2) is 20.1 Å². The fourth-order valence-corrected chi connectivity index (χ4v) is 1.99. The van der Waals surface area contributed by atoms with Gasteiger partial charge in [-0.25, -0.2) is 0 Å². The third-order valence-corrected chi connectivity index (χ3v) is 3.11. The normalized spacial score (nSPS) is 9.41. The van der Waals surface area contributed by atoms with Crippen LogP contribution in [0.5, 0.6) is 11.5 Å². The van der Waals surface area contributed by atoms with E-state index in [-0.39, 0.29) is 0 Å². The fraction of sp³-hybridized carbons (Fsp3) is 0.118. The Balaban J connectivity index is 2.20. The lowest BCUT2D eigenvalue weighted by Gasteiger charge is -2.11. The molecular formula is C17H14ClNO3. The summed E-state index contributed by atoms with van der Waals surface area (Å²) < 4.78 is 10.3. The summed E-state index contributed by atoms with van der Waals surface area (Å²) in [6.45, 7) is 0. The second-order valence-electron chi connectivity index (χ2n) is 4.26. The summed E-state index contributed by atoms with van der Waals surface area (Å²) >= 11 is 6.01. The van der Waals surface area contributed by atoms with E-state index in [1.165, 1.54) is 14.2 Å². The summed E-state index contributed by atoms with van der Waals surface area (Å²) in [5, 5.41) is 3.05. The fourth-order valence-electron chi connectivity index (χ4n) is 1.76. The van der Waals surface area contributed by atoms with E-state index in [2.05, 4.69) is 17.2 Å². The van der Waals surface area contributed by atoms with Gasteiger partial charge in [-0.2, -0.15) is 0 Å². The average Bonchev–Trinajstić information content (AvgIpc) is 2.55. The van der Waals surface area contributed by atoms with E-state index >= 15 is 0 Å². The first-order valence-corrected chi connectivity index (χ1v) is 6.81. The lowest BCUT2D eigenvalue weighted by Crippen LogP contribution is -2.10. The molecule has 0 unspecified atom stereocenters. The number of anilines is 1. The van der Waals surface area contributed by atoms with Gasteiger partial charge < -0.3 is 14.8 Å². The van der Waals surface area contributed by atoms with E-state index < -0.39 is 5.91 Å². The van der Waals surface area contributed by atoms with Crippen molar-refractivity contribution in [3.05, 3.63) is 53.1 Å². The van der Waals surface area contributed by atoms with Gasteiger partial charge in [0.2, 0.25) is 0 Å². The highest BCUT2D eigenvalue weighted by Gasteiger charge is 2.11. The van der Waals surface area contributed by atoms with Crippen LogP contribution in [0.3, 0.4) is 0 Å². The number of nitrogens with one attached hydrogen (secondary N) is 1. The first kappa shape index (κ1) is 15.7. The summed E-state index contributed by atoms with van der Waals surface area (Å²) in [5.74, 6) is 5.72. The molecule has 0 aliphatic heterocycles. The Kier molecular flexibility index (Phi) is 5.29. The molecule has 5 heteroatoms. The van der Waals surface area contributed by atoms with Gasteiger partial charge in [-0.1, -0.05) is 35.7 Å². The third-order valence-electron chi connectivity index (χ3n) is 2.82. The SMILES string of the molecule is COc1cc(NC(=O)C#Cc2ccccc2)c(OC)cc1Cl. The van der Waals surface area contributed by atoms with Gasteiger partial charge in [0, 0.05) is 23.6 Å². The third kappa shape index (κ3) is 3.94. The molecule has 1 N–H and O–H groups in total. The van der Waals surface area contributed by atoms with Crippen molar-refractivity contribution in [1.29, 1.82) is 0 Å². The molecule has 0 heterocycles. The molecule has 0 saturated heterocycles. The van der Waals surface area contributed by atoms with Crippen molar-refractivity contribution < 1.29 is 14.3 Å². The van der Waals surface area contributed by atoms with Crippen molar-refractivity contribution in [3.63, 3.8) is 0 Å². The van der Waals surface area contributed by atoms with Gasteiger partial charge >= 0.3 is 5.91 Å². The van der Waals surface area contributed by atoms with Gasteiger partial charge in [0.1, 0.15) is 11.5 Å². The Labute approximate surface area is 134 Å². The van der Waals surface area contributed by atoms with E-state index in [0.29, 0.717) is 22.2 Å². The maximum atomic E-state index is 11.9. The van der Waals surface area contributed by atoms with Gasteiger partial charge in [0.25, 0.3) is 0 Å². The Hall–Kier alpha value is -2.64. The second kappa shape index (κ2) is 7.39. The lowest BCUT2D eigenvalue weighted by atomic mass is 10.2.